The number of hydrogen-bond donors (Lipinski definition) is 2. The topological polar surface area (TPSA) is 90.0 Å². The SMILES string of the molecule is Cn1cnc(N)c1S(=O)(=O)NC1C(C)(C)C1(C)C. The molecule has 0 aliphatic heterocycles. The lowest BCUT2D eigenvalue weighted by Crippen LogP contribution is -2.31. The van der Waals surface area contributed by atoms with Gasteiger partial charge in [-0.2, -0.15) is 0 Å². The van der Waals surface area contributed by atoms with Crippen LogP contribution >= 0.6 is 0 Å². The minimum atomic E-state index is -3.63. The van der Waals surface area contributed by atoms with Crippen LogP contribution in [0.4, 0.5) is 5.82 Å². The highest BCUT2D eigenvalue weighted by molar-refractivity contribution is 7.89. The van der Waals surface area contributed by atoms with Gasteiger partial charge in [0.2, 0.25) is 0 Å². The van der Waals surface area contributed by atoms with Crippen molar-refractivity contribution in [3.63, 3.8) is 0 Å². The van der Waals surface area contributed by atoms with Crippen molar-refractivity contribution in [2.75, 3.05) is 5.73 Å². The highest BCUT2D eigenvalue weighted by atomic mass is 32.2. The van der Waals surface area contributed by atoms with Gasteiger partial charge in [0.05, 0.1) is 6.33 Å². The first-order valence-electron chi connectivity index (χ1n) is 5.81. The van der Waals surface area contributed by atoms with Gasteiger partial charge in [-0.3, -0.25) is 0 Å². The summed E-state index contributed by atoms with van der Waals surface area (Å²) >= 11 is 0. The second-order valence-electron chi connectivity index (χ2n) is 6.04. The lowest BCUT2D eigenvalue weighted by atomic mass is 10.0. The highest BCUT2D eigenvalue weighted by Crippen LogP contribution is 2.62. The van der Waals surface area contributed by atoms with Crippen molar-refractivity contribution in [2.24, 2.45) is 17.9 Å². The quantitative estimate of drug-likeness (QED) is 0.848. The fourth-order valence-corrected chi connectivity index (χ4v) is 4.23. The van der Waals surface area contributed by atoms with Crippen molar-refractivity contribution in [1.29, 1.82) is 0 Å². The predicted molar refractivity (Wildman–Crippen MR) is 69.3 cm³/mol. The Bertz CT molecular complexity index is 553. The minimum absolute atomic E-state index is 0.0287. The number of sulfonamides is 1. The molecule has 1 saturated carbocycles. The van der Waals surface area contributed by atoms with Gasteiger partial charge in [0, 0.05) is 13.1 Å². The molecule has 0 bridgehead atoms. The van der Waals surface area contributed by atoms with Crippen LogP contribution in [0.5, 0.6) is 0 Å². The largest absolute Gasteiger partial charge is 0.381 e. The van der Waals surface area contributed by atoms with Gasteiger partial charge in [-0.1, -0.05) is 27.7 Å². The molecular formula is C11H20N4O2S. The average molecular weight is 272 g/mol. The fraction of sp³-hybridized carbons (Fsp3) is 0.727. The molecule has 0 atom stereocenters. The third kappa shape index (κ3) is 1.65. The lowest BCUT2D eigenvalue weighted by Gasteiger charge is -2.09. The Morgan fingerprint density at radius 3 is 2.17 bits per heavy atom. The third-order valence-electron chi connectivity index (χ3n) is 4.46. The van der Waals surface area contributed by atoms with Crippen molar-refractivity contribution in [3.8, 4) is 0 Å². The van der Waals surface area contributed by atoms with Gasteiger partial charge < -0.3 is 10.3 Å². The Hall–Kier alpha value is -1.08. The van der Waals surface area contributed by atoms with E-state index in [2.05, 4.69) is 9.71 Å². The fourth-order valence-electron chi connectivity index (χ4n) is 2.47. The van der Waals surface area contributed by atoms with E-state index in [1.807, 2.05) is 27.7 Å². The van der Waals surface area contributed by atoms with Crippen LogP contribution in [0.3, 0.4) is 0 Å². The van der Waals surface area contributed by atoms with E-state index in [1.165, 1.54) is 10.9 Å². The summed E-state index contributed by atoms with van der Waals surface area (Å²) in [7, 11) is -2.02. The summed E-state index contributed by atoms with van der Waals surface area (Å²) in [6.45, 7) is 8.19. The number of imidazole rings is 1. The number of nitrogens with one attached hydrogen (secondary N) is 1. The number of nitrogen functional groups attached to an aromatic ring is 1. The number of aromatic nitrogens is 2. The van der Waals surface area contributed by atoms with E-state index in [1.54, 1.807) is 7.05 Å². The van der Waals surface area contributed by atoms with Crippen molar-refractivity contribution in [2.45, 2.75) is 38.8 Å². The number of aryl methyl sites for hydroxylation is 1. The molecule has 102 valence electrons. The molecule has 0 saturated heterocycles. The zero-order chi connectivity index (χ0) is 13.9. The van der Waals surface area contributed by atoms with Crippen LogP contribution in [-0.4, -0.2) is 24.0 Å². The molecule has 3 N–H and O–H groups in total. The van der Waals surface area contributed by atoms with Gasteiger partial charge in [0.15, 0.2) is 10.8 Å². The van der Waals surface area contributed by atoms with Gasteiger partial charge in [-0.25, -0.2) is 18.1 Å². The lowest BCUT2D eigenvalue weighted by molar-refractivity contribution is 0.457. The summed E-state index contributed by atoms with van der Waals surface area (Å²) in [5.74, 6) is 0.0289. The van der Waals surface area contributed by atoms with Gasteiger partial charge in [-0.15, -0.1) is 0 Å². The van der Waals surface area contributed by atoms with Crippen LogP contribution in [0.1, 0.15) is 27.7 Å². The molecule has 1 fully saturated rings. The van der Waals surface area contributed by atoms with E-state index >= 15 is 0 Å². The zero-order valence-corrected chi connectivity index (χ0v) is 12.2. The summed E-state index contributed by atoms with van der Waals surface area (Å²) < 4.78 is 28.8. The van der Waals surface area contributed by atoms with Crippen LogP contribution in [0.15, 0.2) is 11.4 Å². The van der Waals surface area contributed by atoms with Crippen molar-refractivity contribution >= 4 is 15.8 Å². The second kappa shape index (κ2) is 3.48. The third-order valence-corrected chi connectivity index (χ3v) is 6.01. The molecule has 6 nitrogen and oxygen atoms in total. The summed E-state index contributed by atoms with van der Waals surface area (Å²) in [6, 6.07) is -0.0932. The van der Waals surface area contributed by atoms with Crippen LogP contribution in [0.25, 0.3) is 0 Å². The summed E-state index contributed by atoms with van der Waals surface area (Å²) in [5, 5.41) is 0.0287. The number of rotatable bonds is 3. The van der Waals surface area contributed by atoms with Gasteiger partial charge in [0.25, 0.3) is 10.0 Å². The maximum absolute atomic E-state index is 12.3. The minimum Gasteiger partial charge on any atom is -0.381 e. The Morgan fingerprint density at radius 2 is 1.83 bits per heavy atom. The summed E-state index contributed by atoms with van der Waals surface area (Å²) in [5.41, 5.74) is 5.48. The van der Waals surface area contributed by atoms with Gasteiger partial charge >= 0.3 is 0 Å². The molecule has 0 aromatic carbocycles. The monoisotopic (exact) mass is 272 g/mol. The highest BCUT2D eigenvalue weighted by Gasteiger charge is 2.66. The van der Waals surface area contributed by atoms with Gasteiger partial charge in [0.1, 0.15) is 0 Å². The molecule has 18 heavy (non-hydrogen) atoms. The molecule has 1 aliphatic rings. The second-order valence-corrected chi connectivity index (χ2v) is 7.67. The standard InChI is InChI=1S/C11H20N4O2S/c1-10(2)9(11(10,3)4)14-18(16,17)8-7(12)13-6-15(8)5/h6,9,14H,12H2,1-5H3. The first-order valence-corrected chi connectivity index (χ1v) is 7.29. The Balaban J connectivity index is 2.31. The Kier molecular flexibility index (Phi) is 2.58. The molecule has 0 spiro atoms. The maximum Gasteiger partial charge on any atom is 0.260 e. The zero-order valence-electron chi connectivity index (χ0n) is 11.4. The maximum atomic E-state index is 12.3. The van der Waals surface area contributed by atoms with E-state index in [0.717, 1.165) is 0 Å². The van der Waals surface area contributed by atoms with E-state index in [9.17, 15) is 8.42 Å². The van der Waals surface area contributed by atoms with Crippen LogP contribution < -0.4 is 10.5 Å². The normalized spacial score (nSPS) is 22.1. The Labute approximate surface area is 108 Å². The summed E-state index contributed by atoms with van der Waals surface area (Å²) in [6.07, 6.45) is 1.40. The van der Waals surface area contributed by atoms with E-state index in [0.29, 0.717) is 0 Å². The average Bonchev–Trinajstić information content (AvgIpc) is 2.53. The van der Waals surface area contributed by atoms with Crippen LogP contribution in [-0.2, 0) is 17.1 Å². The number of hydrogen-bond acceptors (Lipinski definition) is 4. The van der Waals surface area contributed by atoms with Crippen molar-refractivity contribution in [1.82, 2.24) is 14.3 Å². The molecule has 1 aromatic rings. The van der Waals surface area contributed by atoms with Crippen molar-refractivity contribution < 1.29 is 8.42 Å². The van der Waals surface area contributed by atoms with Gasteiger partial charge in [-0.05, 0) is 10.8 Å². The van der Waals surface area contributed by atoms with Crippen molar-refractivity contribution in [3.05, 3.63) is 6.33 Å². The summed E-state index contributed by atoms with van der Waals surface area (Å²) in [4.78, 5) is 3.80. The Morgan fingerprint density at radius 1 is 1.33 bits per heavy atom. The number of anilines is 1. The molecule has 1 aromatic heterocycles. The molecule has 0 unspecified atom stereocenters. The number of nitrogens with two attached hydrogens (primary N) is 1. The molecule has 0 amide bonds. The molecule has 1 heterocycles. The molecule has 1 aliphatic carbocycles. The molecule has 0 radical (unpaired) electrons. The van der Waals surface area contributed by atoms with Crippen LogP contribution in [0.2, 0.25) is 0 Å². The molecular weight excluding hydrogens is 252 g/mol. The van der Waals surface area contributed by atoms with Crippen LogP contribution in [0, 0.1) is 10.8 Å². The molecule has 2 rings (SSSR count). The van der Waals surface area contributed by atoms with E-state index in [-0.39, 0.29) is 27.7 Å². The predicted octanol–water partition coefficient (Wildman–Crippen LogP) is 0.715. The van der Waals surface area contributed by atoms with E-state index < -0.39 is 10.0 Å². The molecule has 7 heteroatoms. The first kappa shape index (κ1) is 13.4. The smallest absolute Gasteiger partial charge is 0.260 e. The first-order chi connectivity index (χ1) is 8.02. The number of nitrogens with zero attached hydrogens (tertiary/aromatic N) is 2. The van der Waals surface area contributed by atoms with E-state index in [4.69, 9.17) is 5.73 Å².